The molecule has 20 heavy (non-hydrogen) atoms. The molecular weight excluding hydrogens is 272 g/mol. The number of aryl methyl sites for hydroxylation is 1. The minimum Gasteiger partial charge on any atom is -0.384 e. The van der Waals surface area contributed by atoms with Crippen molar-refractivity contribution in [2.75, 3.05) is 11.5 Å². The fraction of sp³-hybridized carbons (Fsp3) is 0.643. The van der Waals surface area contributed by atoms with Crippen molar-refractivity contribution in [2.45, 2.75) is 50.7 Å². The van der Waals surface area contributed by atoms with Crippen LogP contribution >= 0.6 is 11.8 Å². The normalized spacial score (nSPS) is 22.5. The van der Waals surface area contributed by atoms with Crippen molar-refractivity contribution >= 4 is 23.5 Å². The highest BCUT2D eigenvalue weighted by atomic mass is 32.2. The number of rotatable bonds is 4. The first-order chi connectivity index (χ1) is 9.54. The SMILES string of the molecule is Cc1cc(N)nc(SCC(=O)N[C@H]2CCCC[C@@H]2C)n1. The van der Waals surface area contributed by atoms with Gasteiger partial charge in [0.15, 0.2) is 5.16 Å². The second kappa shape index (κ2) is 6.92. The molecule has 1 saturated carbocycles. The summed E-state index contributed by atoms with van der Waals surface area (Å²) < 4.78 is 0. The molecule has 0 unspecified atom stereocenters. The Morgan fingerprint density at radius 3 is 2.90 bits per heavy atom. The van der Waals surface area contributed by atoms with Gasteiger partial charge >= 0.3 is 0 Å². The number of nitrogens with two attached hydrogens (primary N) is 1. The monoisotopic (exact) mass is 294 g/mol. The zero-order valence-electron chi connectivity index (χ0n) is 12.1. The summed E-state index contributed by atoms with van der Waals surface area (Å²) in [6.45, 7) is 4.08. The van der Waals surface area contributed by atoms with Crippen molar-refractivity contribution in [2.24, 2.45) is 5.92 Å². The van der Waals surface area contributed by atoms with Gasteiger partial charge in [0.2, 0.25) is 5.91 Å². The predicted molar refractivity (Wildman–Crippen MR) is 81.5 cm³/mol. The van der Waals surface area contributed by atoms with Gasteiger partial charge < -0.3 is 11.1 Å². The average molecular weight is 294 g/mol. The molecule has 2 atom stereocenters. The van der Waals surface area contributed by atoms with Crippen LogP contribution in [0.2, 0.25) is 0 Å². The molecule has 0 radical (unpaired) electrons. The molecule has 0 saturated heterocycles. The Labute approximate surface area is 124 Å². The summed E-state index contributed by atoms with van der Waals surface area (Å²) in [6.07, 6.45) is 4.78. The summed E-state index contributed by atoms with van der Waals surface area (Å²) in [5, 5.41) is 3.69. The van der Waals surface area contributed by atoms with Crippen molar-refractivity contribution < 1.29 is 4.79 Å². The number of thioether (sulfide) groups is 1. The van der Waals surface area contributed by atoms with Gasteiger partial charge in [-0.15, -0.1) is 0 Å². The number of carbonyl (C=O) groups is 1. The Bertz CT molecular complexity index is 460. The molecular formula is C14H22N4OS. The predicted octanol–water partition coefficient (Wildman–Crippen LogP) is 2.15. The van der Waals surface area contributed by atoms with Crippen LogP contribution in [0.3, 0.4) is 0 Å². The number of carbonyl (C=O) groups excluding carboxylic acids is 1. The van der Waals surface area contributed by atoms with Gasteiger partial charge in [-0.25, -0.2) is 9.97 Å². The fourth-order valence-electron chi connectivity index (χ4n) is 2.54. The minimum atomic E-state index is 0.0532. The molecule has 1 aliphatic carbocycles. The molecule has 1 aromatic rings. The molecule has 5 nitrogen and oxygen atoms in total. The maximum atomic E-state index is 12.0. The van der Waals surface area contributed by atoms with Crippen molar-refractivity contribution in [3.63, 3.8) is 0 Å². The van der Waals surface area contributed by atoms with Gasteiger partial charge in [-0.05, 0) is 25.7 Å². The van der Waals surface area contributed by atoms with E-state index >= 15 is 0 Å². The fourth-order valence-corrected chi connectivity index (χ4v) is 3.26. The summed E-state index contributed by atoms with van der Waals surface area (Å²) in [7, 11) is 0. The van der Waals surface area contributed by atoms with Crippen LogP contribution in [0.4, 0.5) is 5.82 Å². The van der Waals surface area contributed by atoms with E-state index in [0.29, 0.717) is 28.7 Å². The van der Waals surface area contributed by atoms with Gasteiger partial charge in [-0.1, -0.05) is 31.5 Å². The third-order valence-electron chi connectivity index (χ3n) is 3.64. The lowest BCUT2D eigenvalue weighted by Crippen LogP contribution is -2.41. The quantitative estimate of drug-likeness (QED) is 0.657. The van der Waals surface area contributed by atoms with Crippen molar-refractivity contribution in [3.8, 4) is 0 Å². The first-order valence-electron chi connectivity index (χ1n) is 7.08. The maximum Gasteiger partial charge on any atom is 0.230 e. The summed E-state index contributed by atoms with van der Waals surface area (Å²) in [5.41, 5.74) is 6.49. The Kier molecular flexibility index (Phi) is 5.23. The summed E-state index contributed by atoms with van der Waals surface area (Å²) in [6, 6.07) is 2.04. The van der Waals surface area contributed by atoms with Crippen molar-refractivity contribution in [1.82, 2.24) is 15.3 Å². The first kappa shape index (κ1) is 15.1. The molecule has 2 rings (SSSR count). The number of anilines is 1. The topological polar surface area (TPSA) is 80.9 Å². The summed E-state index contributed by atoms with van der Waals surface area (Å²) in [4.78, 5) is 20.4. The minimum absolute atomic E-state index is 0.0532. The van der Waals surface area contributed by atoms with Crippen LogP contribution in [0.1, 0.15) is 38.3 Å². The standard InChI is InChI=1S/C14H22N4OS/c1-9-5-3-4-6-11(9)17-13(19)8-20-14-16-10(2)7-12(15)18-14/h7,9,11H,3-6,8H2,1-2H3,(H,17,19)(H2,15,16,18)/t9-,11-/m0/s1. The molecule has 0 aromatic carbocycles. The summed E-state index contributed by atoms with van der Waals surface area (Å²) >= 11 is 1.33. The number of aromatic nitrogens is 2. The number of nitrogens with one attached hydrogen (secondary N) is 1. The van der Waals surface area contributed by atoms with Crippen LogP contribution in [-0.4, -0.2) is 27.7 Å². The van der Waals surface area contributed by atoms with Crippen LogP contribution in [0.25, 0.3) is 0 Å². The molecule has 0 spiro atoms. The number of hydrogen-bond acceptors (Lipinski definition) is 5. The Balaban J connectivity index is 1.82. The molecule has 1 fully saturated rings. The highest BCUT2D eigenvalue weighted by Gasteiger charge is 2.22. The number of nitrogen functional groups attached to an aromatic ring is 1. The molecule has 1 heterocycles. The number of amides is 1. The molecule has 0 aliphatic heterocycles. The van der Waals surface area contributed by atoms with Gasteiger partial charge in [0, 0.05) is 17.8 Å². The van der Waals surface area contributed by atoms with E-state index in [9.17, 15) is 4.79 Å². The molecule has 3 N–H and O–H groups in total. The lowest BCUT2D eigenvalue weighted by molar-refractivity contribution is -0.119. The van der Waals surface area contributed by atoms with Gasteiger partial charge in [0.05, 0.1) is 5.75 Å². The molecule has 0 bridgehead atoms. The Morgan fingerprint density at radius 1 is 1.45 bits per heavy atom. The van der Waals surface area contributed by atoms with E-state index in [0.717, 1.165) is 12.1 Å². The highest BCUT2D eigenvalue weighted by Crippen LogP contribution is 2.24. The van der Waals surface area contributed by atoms with Crippen molar-refractivity contribution in [1.29, 1.82) is 0 Å². The van der Waals surface area contributed by atoms with E-state index in [-0.39, 0.29) is 5.91 Å². The summed E-state index contributed by atoms with van der Waals surface area (Å²) in [5.74, 6) is 1.41. The molecule has 1 aromatic heterocycles. The smallest absolute Gasteiger partial charge is 0.230 e. The van der Waals surface area contributed by atoms with Crippen molar-refractivity contribution in [3.05, 3.63) is 11.8 Å². The Hall–Kier alpha value is -1.30. The molecule has 110 valence electrons. The number of nitrogens with zero attached hydrogens (tertiary/aromatic N) is 2. The average Bonchev–Trinajstić information content (AvgIpc) is 2.38. The van der Waals surface area contributed by atoms with Gasteiger partial charge in [-0.3, -0.25) is 4.79 Å². The van der Waals surface area contributed by atoms with Gasteiger partial charge in [0.1, 0.15) is 5.82 Å². The lowest BCUT2D eigenvalue weighted by atomic mass is 9.86. The van der Waals surface area contributed by atoms with E-state index in [2.05, 4.69) is 22.2 Å². The molecule has 1 aliphatic rings. The first-order valence-corrected chi connectivity index (χ1v) is 8.06. The van der Waals surface area contributed by atoms with E-state index in [4.69, 9.17) is 5.73 Å². The van der Waals surface area contributed by atoms with E-state index in [1.165, 1.54) is 31.0 Å². The molecule has 1 amide bonds. The van der Waals surface area contributed by atoms with Gasteiger partial charge in [-0.2, -0.15) is 0 Å². The van der Waals surface area contributed by atoms with E-state index in [1.54, 1.807) is 6.07 Å². The Morgan fingerprint density at radius 2 is 2.20 bits per heavy atom. The third kappa shape index (κ3) is 4.37. The van der Waals surface area contributed by atoms with Crippen LogP contribution < -0.4 is 11.1 Å². The third-order valence-corrected chi connectivity index (χ3v) is 4.49. The molecule has 6 heteroatoms. The van der Waals surface area contributed by atoms with Crippen LogP contribution in [0.15, 0.2) is 11.2 Å². The van der Waals surface area contributed by atoms with Crippen LogP contribution in [0, 0.1) is 12.8 Å². The van der Waals surface area contributed by atoms with Crippen LogP contribution in [0.5, 0.6) is 0 Å². The maximum absolute atomic E-state index is 12.0. The van der Waals surface area contributed by atoms with E-state index in [1.807, 2.05) is 6.92 Å². The second-order valence-corrected chi connectivity index (χ2v) is 6.38. The zero-order valence-corrected chi connectivity index (χ0v) is 12.9. The largest absolute Gasteiger partial charge is 0.384 e. The van der Waals surface area contributed by atoms with Gasteiger partial charge in [0.25, 0.3) is 0 Å². The number of hydrogen-bond donors (Lipinski definition) is 2. The van der Waals surface area contributed by atoms with E-state index < -0.39 is 0 Å². The lowest BCUT2D eigenvalue weighted by Gasteiger charge is -2.29. The highest BCUT2D eigenvalue weighted by molar-refractivity contribution is 7.99. The second-order valence-electron chi connectivity index (χ2n) is 5.44. The van der Waals surface area contributed by atoms with Crippen LogP contribution in [-0.2, 0) is 4.79 Å². The zero-order chi connectivity index (χ0) is 14.5.